The number of carbonyl (C=O) groups excluding carboxylic acids is 1. The second kappa shape index (κ2) is 10.1. The van der Waals surface area contributed by atoms with Crippen LogP contribution in [0.4, 0.5) is 0 Å². The van der Waals surface area contributed by atoms with Crippen molar-refractivity contribution in [2.45, 2.75) is 25.9 Å². The SMILES string of the molecule is O=C(O)CCCc1c(C(=O)c2cccc(COc3ccc(Cl)c(Cl)c3)c2)[nH]c2ccccc12. The Labute approximate surface area is 200 Å². The first-order valence-electron chi connectivity index (χ1n) is 10.5. The average molecular weight is 482 g/mol. The lowest BCUT2D eigenvalue weighted by Crippen LogP contribution is -2.07. The predicted octanol–water partition coefficient (Wildman–Crippen LogP) is 6.69. The molecule has 3 aromatic carbocycles. The van der Waals surface area contributed by atoms with Crippen LogP contribution in [0.3, 0.4) is 0 Å². The summed E-state index contributed by atoms with van der Waals surface area (Å²) in [6.07, 6.45) is 1.00. The number of ketones is 1. The number of carbonyl (C=O) groups is 2. The molecule has 0 amide bonds. The molecular formula is C26H21Cl2NO4. The quantitative estimate of drug-likeness (QED) is 0.261. The molecule has 1 heterocycles. The monoisotopic (exact) mass is 481 g/mol. The molecule has 2 N–H and O–H groups in total. The zero-order valence-corrected chi connectivity index (χ0v) is 19.1. The maximum Gasteiger partial charge on any atom is 0.303 e. The van der Waals surface area contributed by atoms with Crippen molar-refractivity contribution in [1.29, 1.82) is 0 Å². The first-order chi connectivity index (χ1) is 15.9. The maximum atomic E-state index is 13.4. The summed E-state index contributed by atoms with van der Waals surface area (Å²) in [7, 11) is 0. The molecule has 0 saturated heterocycles. The number of aromatic nitrogens is 1. The van der Waals surface area contributed by atoms with Gasteiger partial charge in [0.1, 0.15) is 12.4 Å². The Balaban J connectivity index is 1.57. The minimum absolute atomic E-state index is 0.0503. The first-order valence-corrected chi connectivity index (χ1v) is 11.2. The number of nitrogens with one attached hydrogen (secondary N) is 1. The number of ether oxygens (including phenoxy) is 1. The molecule has 33 heavy (non-hydrogen) atoms. The summed E-state index contributed by atoms with van der Waals surface area (Å²) in [6, 6.07) is 20.0. The van der Waals surface area contributed by atoms with E-state index in [2.05, 4.69) is 4.98 Å². The van der Waals surface area contributed by atoms with Gasteiger partial charge >= 0.3 is 5.97 Å². The summed E-state index contributed by atoms with van der Waals surface area (Å²) in [5.74, 6) is -0.414. The van der Waals surface area contributed by atoms with E-state index >= 15 is 0 Å². The number of hydrogen-bond donors (Lipinski definition) is 2. The van der Waals surface area contributed by atoms with Crippen molar-refractivity contribution in [1.82, 2.24) is 4.98 Å². The topological polar surface area (TPSA) is 79.4 Å². The van der Waals surface area contributed by atoms with Crippen LogP contribution in [0.5, 0.6) is 5.75 Å². The van der Waals surface area contributed by atoms with Crippen LogP contribution in [0.1, 0.15) is 40.0 Å². The van der Waals surface area contributed by atoms with Crippen molar-refractivity contribution in [3.63, 3.8) is 0 Å². The zero-order chi connectivity index (χ0) is 23.4. The van der Waals surface area contributed by atoms with E-state index in [1.165, 1.54) is 0 Å². The van der Waals surface area contributed by atoms with Crippen LogP contribution in [-0.4, -0.2) is 21.8 Å². The van der Waals surface area contributed by atoms with Gasteiger partial charge < -0.3 is 14.8 Å². The van der Waals surface area contributed by atoms with Crippen molar-refractivity contribution in [3.05, 3.63) is 99.2 Å². The van der Waals surface area contributed by atoms with E-state index in [4.69, 9.17) is 33.0 Å². The Kier molecular flexibility index (Phi) is 7.02. The van der Waals surface area contributed by atoms with Crippen molar-refractivity contribution in [3.8, 4) is 5.75 Å². The van der Waals surface area contributed by atoms with Crippen LogP contribution in [0.2, 0.25) is 10.0 Å². The van der Waals surface area contributed by atoms with Gasteiger partial charge in [0.25, 0.3) is 0 Å². The maximum absolute atomic E-state index is 13.4. The van der Waals surface area contributed by atoms with Crippen molar-refractivity contribution < 1.29 is 19.4 Å². The standard InChI is InChI=1S/C26H21Cl2NO4/c27-21-12-11-18(14-22(21)28)33-15-16-5-3-6-17(13-16)26(32)25-20(8-4-10-24(30)31)19-7-1-2-9-23(19)29-25/h1-3,5-7,9,11-14,29H,4,8,10,15H2,(H,30,31). The van der Waals surface area contributed by atoms with Crippen LogP contribution in [0.15, 0.2) is 66.7 Å². The van der Waals surface area contributed by atoms with Crippen LogP contribution in [-0.2, 0) is 17.8 Å². The molecule has 7 heteroatoms. The van der Waals surface area contributed by atoms with Crippen LogP contribution in [0, 0.1) is 0 Å². The first kappa shape index (κ1) is 22.9. The van der Waals surface area contributed by atoms with Crippen molar-refractivity contribution >= 4 is 45.9 Å². The van der Waals surface area contributed by atoms with Crippen molar-refractivity contribution in [2.24, 2.45) is 0 Å². The highest BCUT2D eigenvalue weighted by Crippen LogP contribution is 2.28. The Hall–Kier alpha value is -3.28. The molecule has 0 atom stereocenters. The lowest BCUT2D eigenvalue weighted by molar-refractivity contribution is -0.137. The molecule has 0 fully saturated rings. The fraction of sp³-hybridized carbons (Fsp3) is 0.154. The van der Waals surface area contributed by atoms with Crippen LogP contribution < -0.4 is 4.74 Å². The zero-order valence-electron chi connectivity index (χ0n) is 17.6. The number of H-pyrrole nitrogens is 1. The molecule has 5 nitrogen and oxygen atoms in total. The van der Waals surface area contributed by atoms with E-state index in [1.807, 2.05) is 36.4 Å². The molecule has 0 aliphatic carbocycles. The van der Waals surface area contributed by atoms with Crippen molar-refractivity contribution in [2.75, 3.05) is 0 Å². The molecule has 0 aliphatic heterocycles. The van der Waals surface area contributed by atoms with Gasteiger partial charge in [0.05, 0.1) is 15.7 Å². The van der Waals surface area contributed by atoms with E-state index in [1.54, 1.807) is 30.3 Å². The third kappa shape index (κ3) is 5.38. The highest BCUT2D eigenvalue weighted by atomic mass is 35.5. The van der Waals surface area contributed by atoms with Gasteiger partial charge in [-0.1, -0.05) is 59.6 Å². The Morgan fingerprint density at radius 1 is 0.939 bits per heavy atom. The van der Waals surface area contributed by atoms with Gasteiger partial charge in [-0.25, -0.2) is 0 Å². The number of rotatable bonds is 9. The number of aromatic amines is 1. The van der Waals surface area contributed by atoms with Crippen LogP contribution in [0.25, 0.3) is 10.9 Å². The molecule has 1 aromatic heterocycles. The Bertz CT molecular complexity index is 1330. The average Bonchev–Trinajstić information content (AvgIpc) is 3.18. The minimum Gasteiger partial charge on any atom is -0.489 e. The van der Waals surface area contributed by atoms with Gasteiger partial charge in [0, 0.05) is 29.0 Å². The molecule has 168 valence electrons. The second-order valence-corrected chi connectivity index (χ2v) is 8.48. The van der Waals surface area contributed by atoms with E-state index in [0.29, 0.717) is 39.9 Å². The number of carboxylic acid groups (broad SMARTS) is 1. The molecular weight excluding hydrogens is 461 g/mol. The normalized spacial score (nSPS) is 11.0. The molecule has 0 radical (unpaired) electrons. The number of fused-ring (bicyclic) bond motifs is 1. The molecule has 0 aliphatic rings. The second-order valence-electron chi connectivity index (χ2n) is 7.67. The number of halogens is 2. The lowest BCUT2D eigenvalue weighted by atomic mass is 9.98. The van der Waals surface area contributed by atoms with Gasteiger partial charge in [0.15, 0.2) is 0 Å². The largest absolute Gasteiger partial charge is 0.489 e. The van der Waals surface area contributed by atoms with E-state index in [0.717, 1.165) is 22.0 Å². The summed E-state index contributed by atoms with van der Waals surface area (Å²) in [6.45, 7) is 0.261. The molecule has 0 saturated carbocycles. The highest BCUT2D eigenvalue weighted by molar-refractivity contribution is 6.42. The van der Waals surface area contributed by atoms with E-state index in [-0.39, 0.29) is 18.8 Å². The summed E-state index contributed by atoms with van der Waals surface area (Å²) >= 11 is 12.0. The molecule has 4 aromatic rings. The number of benzene rings is 3. The minimum atomic E-state index is -0.850. The lowest BCUT2D eigenvalue weighted by Gasteiger charge is -2.09. The smallest absolute Gasteiger partial charge is 0.303 e. The van der Waals surface area contributed by atoms with Gasteiger partial charge in [-0.3, -0.25) is 9.59 Å². The van der Waals surface area contributed by atoms with E-state index < -0.39 is 5.97 Å². The fourth-order valence-corrected chi connectivity index (χ4v) is 4.04. The number of aryl methyl sites for hydroxylation is 1. The van der Waals surface area contributed by atoms with Gasteiger partial charge in [-0.05, 0) is 48.2 Å². The fourth-order valence-electron chi connectivity index (χ4n) is 3.75. The number of hydrogen-bond acceptors (Lipinski definition) is 3. The molecule has 0 spiro atoms. The third-order valence-corrected chi connectivity index (χ3v) is 6.08. The van der Waals surface area contributed by atoms with Gasteiger partial charge in [-0.15, -0.1) is 0 Å². The third-order valence-electron chi connectivity index (χ3n) is 5.34. The van der Waals surface area contributed by atoms with Gasteiger partial charge in [0.2, 0.25) is 5.78 Å². The summed E-state index contributed by atoms with van der Waals surface area (Å²) in [5.41, 5.74) is 3.54. The predicted molar refractivity (Wildman–Crippen MR) is 130 cm³/mol. The number of aliphatic carboxylic acids is 1. The summed E-state index contributed by atoms with van der Waals surface area (Å²) in [5, 5.41) is 10.8. The summed E-state index contributed by atoms with van der Waals surface area (Å²) < 4.78 is 5.80. The molecule has 0 unspecified atom stereocenters. The Morgan fingerprint density at radius 3 is 2.55 bits per heavy atom. The summed E-state index contributed by atoms with van der Waals surface area (Å²) in [4.78, 5) is 27.6. The number of carboxylic acids is 1. The van der Waals surface area contributed by atoms with E-state index in [9.17, 15) is 9.59 Å². The highest BCUT2D eigenvalue weighted by Gasteiger charge is 2.19. The molecule has 0 bridgehead atoms. The van der Waals surface area contributed by atoms with Gasteiger partial charge in [-0.2, -0.15) is 0 Å². The van der Waals surface area contributed by atoms with Crippen LogP contribution >= 0.6 is 23.2 Å². The molecule has 4 rings (SSSR count). The number of para-hydroxylation sites is 1. The Morgan fingerprint density at radius 2 is 1.76 bits per heavy atom.